The van der Waals surface area contributed by atoms with Crippen LogP contribution < -0.4 is 5.32 Å². The van der Waals surface area contributed by atoms with E-state index >= 15 is 0 Å². The Kier molecular flexibility index (Phi) is 12.7. The fourth-order valence-electron chi connectivity index (χ4n) is 3.87. The van der Waals surface area contributed by atoms with Crippen molar-refractivity contribution in [1.82, 2.24) is 5.32 Å². The number of esters is 5. The van der Waals surface area contributed by atoms with Gasteiger partial charge in [-0.25, -0.2) is 4.79 Å². The van der Waals surface area contributed by atoms with E-state index in [4.69, 9.17) is 33.2 Å². The number of hydrogen-bond donors (Lipinski definition) is 1. The van der Waals surface area contributed by atoms with E-state index in [2.05, 4.69) is 5.32 Å². The van der Waals surface area contributed by atoms with Crippen molar-refractivity contribution in [3.8, 4) is 0 Å². The molecule has 14 heteroatoms. The summed E-state index contributed by atoms with van der Waals surface area (Å²) in [5.41, 5.74) is 0.812. The summed E-state index contributed by atoms with van der Waals surface area (Å²) in [5.74, 6) is -5.32. The number of carbonyl (C=O) groups excluding carboxylic acids is 6. The number of amides is 1. The van der Waals surface area contributed by atoms with Crippen LogP contribution in [0.5, 0.6) is 0 Å². The van der Waals surface area contributed by atoms with Gasteiger partial charge in [-0.05, 0) is 5.56 Å². The summed E-state index contributed by atoms with van der Waals surface area (Å²) in [7, 11) is 1.08. The van der Waals surface area contributed by atoms with E-state index in [9.17, 15) is 28.8 Å². The van der Waals surface area contributed by atoms with Gasteiger partial charge < -0.3 is 38.5 Å². The van der Waals surface area contributed by atoms with Gasteiger partial charge in [-0.3, -0.25) is 24.0 Å². The second-order valence-corrected chi connectivity index (χ2v) is 8.78. The average molecular weight is 580 g/mol. The number of nitrogens with one attached hydrogen (secondary N) is 1. The molecular weight excluding hydrogens is 546 g/mol. The van der Waals surface area contributed by atoms with Gasteiger partial charge in [-0.2, -0.15) is 0 Å². The van der Waals surface area contributed by atoms with Gasteiger partial charge in [-0.1, -0.05) is 30.3 Å². The molecule has 1 amide bonds. The fourth-order valence-corrected chi connectivity index (χ4v) is 3.87. The molecule has 0 saturated carbocycles. The van der Waals surface area contributed by atoms with Gasteiger partial charge in [0.15, 0.2) is 18.3 Å². The third-order valence-corrected chi connectivity index (χ3v) is 5.41. The first-order valence-electron chi connectivity index (χ1n) is 12.4. The highest BCUT2D eigenvalue weighted by Crippen LogP contribution is 2.28. The number of hydrogen-bond acceptors (Lipinski definition) is 13. The van der Waals surface area contributed by atoms with Gasteiger partial charge in [0.05, 0.1) is 13.7 Å². The zero-order chi connectivity index (χ0) is 30.5. The third-order valence-electron chi connectivity index (χ3n) is 5.41. The second kappa shape index (κ2) is 16.0. The van der Waals surface area contributed by atoms with Crippen LogP contribution in [-0.4, -0.2) is 86.5 Å². The normalized spacial score (nSPS) is 19.2. The highest BCUT2D eigenvalue weighted by molar-refractivity contribution is 5.87. The molecule has 0 radical (unpaired) electrons. The van der Waals surface area contributed by atoms with Crippen molar-refractivity contribution >= 4 is 35.8 Å². The third kappa shape index (κ3) is 10.9. The van der Waals surface area contributed by atoms with Crippen molar-refractivity contribution in [2.24, 2.45) is 0 Å². The van der Waals surface area contributed by atoms with E-state index in [1.807, 2.05) is 18.2 Å². The number of rotatable bonds is 13. The molecule has 1 aliphatic heterocycles. The molecule has 0 fully saturated rings. The van der Waals surface area contributed by atoms with Gasteiger partial charge in [0, 0.05) is 33.8 Å². The predicted molar refractivity (Wildman–Crippen MR) is 136 cm³/mol. The molecule has 1 heterocycles. The van der Waals surface area contributed by atoms with Crippen LogP contribution in [0.3, 0.4) is 0 Å². The Hall–Kier alpha value is -4.46. The summed E-state index contributed by atoms with van der Waals surface area (Å²) in [6.07, 6.45) is -4.81. The van der Waals surface area contributed by atoms with Crippen LogP contribution in [-0.2, 0) is 68.5 Å². The number of benzene rings is 1. The largest absolute Gasteiger partial charge is 0.477 e. The highest BCUT2D eigenvalue weighted by Gasteiger charge is 2.49. The summed E-state index contributed by atoms with van der Waals surface area (Å²) in [5, 5.41) is 2.61. The van der Waals surface area contributed by atoms with E-state index in [1.54, 1.807) is 12.1 Å². The smallest absolute Gasteiger partial charge is 0.373 e. The molecule has 0 spiro atoms. The first kappa shape index (κ1) is 32.8. The van der Waals surface area contributed by atoms with Crippen LogP contribution >= 0.6 is 0 Å². The maximum absolute atomic E-state index is 13.0. The molecule has 0 bridgehead atoms. The lowest BCUT2D eigenvalue weighted by Crippen LogP contribution is -2.62. The van der Waals surface area contributed by atoms with Crippen molar-refractivity contribution in [3.63, 3.8) is 0 Å². The van der Waals surface area contributed by atoms with Crippen molar-refractivity contribution < 1.29 is 61.9 Å². The topological polar surface area (TPSA) is 179 Å². The SMILES string of the molecule is COC(=O)C1=C[C@H](OC(C)=O)[C@@H](NC(=O)COCc2ccccc2)[C@H]([C@H](OC(C)=O)[C@@H](COC(C)=O)OC(C)=O)O1. The lowest BCUT2D eigenvalue weighted by molar-refractivity contribution is -0.192. The maximum atomic E-state index is 13.0. The highest BCUT2D eigenvalue weighted by atomic mass is 16.6. The first-order chi connectivity index (χ1) is 19.4. The van der Waals surface area contributed by atoms with Gasteiger partial charge in [0.25, 0.3) is 0 Å². The minimum Gasteiger partial charge on any atom is -0.477 e. The Morgan fingerprint density at radius 1 is 0.902 bits per heavy atom. The van der Waals surface area contributed by atoms with Crippen LogP contribution in [0.2, 0.25) is 0 Å². The van der Waals surface area contributed by atoms with E-state index < -0.39 is 85.2 Å². The lowest BCUT2D eigenvalue weighted by Gasteiger charge is -2.41. The van der Waals surface area contributed by atoms with Crippen LogP contribution in [0.4, 0.5) is 0 Å². The van der Waals surface area contributed by atoms with Crippen molar-refractivity contribution in [1.29, 1.82) is 0 Å². The molecule has 1 aromatic rings. The molecule has 2 rings (SSSR count). The van der Waals surface area contributed by atoms with Crippen LogP contribution in [0, 0.1) is 0 Å². The summed E-state index contributed by atoms with van der Waals surface area (Å²) in [6.45, 7) is 3.43. The quantitative estimate of drug-likeness (QED) is 0.252. The fraction of sp³-hybridized carbons (Fsp3) is 0.481. The molecule has 0 aromatic heterocycles. The average Bonchev–Trinajstić information content (AvgIpc) is 2.90. The lowest BCUT2D eigenvalue weighted by atomic mass is 9.93. The number of methoxy groups -OCH3 is 1. The summed E-state index contributed by atoms with van der Waals surface area (Å²) < 4.78 is 37.0. The Bertz CT molecular complexity index is 1130. The van der Waals surface area contributed by atoms with E-state index in [0.717, 1.165) is 46.4 Å². The molecule has 1 N–H and O–H groups in total. The Morgan fingerprint density at radius 3 is 2.12 bits per heavy atom. The molecule has 1 aliphatic rings. The molecule has 5 atom stereocenters. The Labute approximate surface area is 236 Å². The summed E-state index contributed by atoms with van der Waals surface area (Å²) in [4.78, 5) is 72.9. The number of carbonyl (C=O) groups is 6. The molecular formula is C27H33NO13. The molecule has 0 unspecified atom stereocenters. The molecule has 1 aromatic carbocycles. The van der Waals surface area contributed by atoms with Crippen LogP contribution in [0.1, 0.15) is 33.3 Å². The van der Waals surface area contributed by atoms with Crippen molar-refractivity contribution in [2.75, 3.05) is 20.3 Å². The second-order valence-electron chi connectivity index (χ2n) is 8.78. The summed E-state index contributed by atoms with van der Waals surface area (Å²) >= 11 is 0. The Balaban J connectivity index is 2.47. The van der Waals surface area contributed by atoms with E-state index in [1.165, 1.54) is 0 Å². The molecule has 0 saturated heterocycles. The predicted octanol–water partition coefficient (Wildman–Crippen LogP) is 0.502. The molecule has 41 heavy (non-hydrogen) atoms. The monoisotopic (exact) mass is 579 g/mol. The van der Waals surface area contributed by atoms with Crippen LogP contribution in [0.15, 0.2) is 42.2 Å². The van der Waals surface area contributed by atoms with E-state index in [-0.39, 0.29) is 6.61 Å². The van der Waals surface area contributed by atoms with Gasteiger partial charge in [-0.15, -0.1) is 0 Å². The zero-order valence-electron chi connectivity index (χ0n) is 23.3. The molecule has 224 valence electrons. The summed E-state index contributed by atoms with van der Waals surface area (Å²) in [6, 6.07) is 7.74. The minimum atomic E-state index is -1.59. The van der Waals surface area contributed by atoms with E-state index in [0.29, 0.717) is 0 Å². The van der Waals surface area contributed by atoms with Crippen molar-refractivity contribution in [2.45, 2.75) is 64.8 Å². The maximum Gasteiger partial charge on any atom is 0.373 e. The van der Waals surface area contributed by atoms with Gasteiger partial charge in [0.2, 0.25) is 11.7 Å². The van der Waals surface area contributed by atoms with Gasteiger partial charge in [0.1, 0.15) is 25.4 Å². The van der Waals surface area contributed by atoms with Crippen LogP contribution in [0.25, 0.3) is 0 Å². The minimum absolute atomic E-state index is 0.117. The zero-order valence-corrected chi connectivity index (χ0v) is 23.3. The van der Waals surface area contributed by atoms with Crippen molar-refractivity contribution in [3.05, 3.63) is 47.7 Å². The number of ether oxygens (including phenoxy) is 7. The first-order valence-corrected chi connectivity index (χ1v) is 12.4. The molecule has 0 aliphatic carbocycles. The van der Waals surface area contributed by atoms with Gasteiger partial charge >= 0.3 is 29.8 Å². The molecule has 14 nitrogen and oxygen atoms in total. The standard InChI is InChI=1S/C27H33NO13/c1-15(29)37-13-22(39-17(3)31)25(40-18(4)32)26-24(20(38-16(2)30)11-21(41-26)27(34)35-5)28-23(33)14-36-12-19-9-7-6-8-10-19/h6-11,20,22,24-26H,12-14H2,1-5H3,(H,28,33)/t20-,22+,24+,25+,26+/m0/s1. The Morgan fingerprint density at radius 2 is 1.56 bits per heavy atom.